The molecule has 5 aromatic rings. The van der Waals surface area contributed by atoms with Crippen LogP contribution in [-0.4, -0.2) is 0 Å². The molecule has 0 spiro atoms. The molecule has 5 aromatic carbocycles. The lowest BCUT2D eigenvalue weighted by atomic mass is 9.86. The summed E-state index contributed by atoms with van der Waals surface area (Å²) in [6, 6.07) is 18.6. The number of aryl methyl sites for hydroxylation is 4. The molecule has 24 heavy (non-hydrogen) atoms. The highest BCUT2D eigenvalue weighted by Crippen LogP contribution is 2.42. The van der Waals surface area contributed by atoms with Crippen LogP contribution in [-0.2, 0) is 0 Å². The average molecular weight is 308 g/mol. The predicted molar refractivity (Wildman–Crippen MR) is 107 cm³/mol. The van der Waals surface area contributed by atoms with Crippen LogP contribution in [0.25, 0.3) is 43.1 Å². The molecule has 0 nitrogen and oxygen atoms in total. The van der Waals surface area contributed by atoms with Crippen molar-refractivity contribution in [2.45, 2.75) is 27.7 Å². The lowest BCUT2D eigenvalue weighted by Gasteiger charge is -2.18. The van der Waals surface area contributed by atoms with Crippen LogP contribution in [0.3, 0.4) is 0 Å². The number of fused-ring (bicyclic) bond motifs is 2. The molecule has 5 rings (SSSR count). The van der Waals surface area contributed by atoms with Gasteiger partial charge in [-0.3, -0.25) is 0 Å². The van der Waals surface area contributed by atoms with Gasteiger partial charge in [-0.15, -0.1) is 0 Å². The fraction of sp³-hybridized carbons (Fsp3) is 0.167. The molecule has 0 N–H and O–H groups in total. The maximum Gasteiger partial charge on any atom is -0.00235 e. The van der Waals surface area contributed by atoms with Gasteiger partial charge in [-0.2, -0.15) is 0 Å². The first-order chi connectivity index (χ1) is 11.5. The topological polar surface area (TPSA) is 0 Å². The van der Waals surface area contributed by atoms with E-state index in [-0.39, 0.29) is 0 Å². The fourth-order valence-electron chi connectivity index (χ4n) is 4.41. The standard InChI is InChI=1S/C24H20/c1-13-9-19-15(3)5-7-17-18-8-6-16(4)20-10-14(2)12-22(24(18)20)21(11-13)23(17)19/h5-12H,1-4H3. The van der Waals surface area contributed by atoms with E-state index in [2.05, 4.69) is 76.2 Å². The van der Waals surface area contributed by atoms with E-state index in [1.54, 1.807) is 0 Å². The van der Waals surface area contributed by atoms with Crippen LogP contribution in [0, 0.1) is 27.7 Å². The zero-order chi connectivity index (χ0) is 16.6. The highest BCUT2D eigenvalue weighted by atomic mass is 14.2. The van der Waals surface area contributed by atoms with Crippen molar-refractivity contribution < 1.29 is 0 Å². The van der Waals surface area contributed by atoms with Gasteiger partial charge in [0, 0.05) is 0 Å². The van der Waals surface area contributed by atoms with Gasteiger partial charge in [-0.05, 0) is 93.0 Å². The fourth-order valence-corrected chi connectivity index (χ4v) is 4.41. The van der Waals surface area contributed by atoms with Gasteiger partial charge in [0.05, 0.1) is 0 Å². The Balaban J connectivity index is 2.27. The lowest BCUT2D eigenvalue weighted by Crippen LogP contribution is -1.91. The van der Waals surface area contributed by atoms with Gasteiger partial charge >= 0.3 is 0 Å². The van der Waals surface area contributed by atoms with Crippen molar-refractivity contribution in [1.82, 2.24) is 0 Å². The van der Waals surface area contributed by atoms with Crippen LogP contribution >= 0.6 is 0 Å². The van der Waals surface area contributed by atoms with Crippen LogP contribution in [0.4, 0.5) is 0 Å². The van der Waals surface area contributed by atoms with Crippen LogP contribution in [0.5, 0.6) is 0 Å². The van der Waals surface area contributed by atoms with Gasteiger partial charge in [0.2, 0.25) is 0 Å². The van der Waals surface area contributed by atoms with E-state index in [0.717, 1.165) is 0 Å². The predicted octanol–water partition coefficient (Wildman–Crippen LogP) is 6.97. The molecule has 0 aliphatic heterocycles. The monoisotopic (exact) mass is 308 g/mol. The SMILES string of the molecule is Cc1cc2c(C)ccc3c4ccc(C)c5cc(C)cc(c(c1)c23)c54. The first-order valence-electron chi connectivity index (χ1n) is 8.63. The Kier molecular flexibility index (Phi) is 2.58. The second-order valence-electron chi connectivity index (χ2n) is 7.33. The second kappa shape index (κ2) is 4.48. The third kappa shape index (κ3) is 1.63. The van der Waals surface area contributed by atoms with Crippen LogP contribution in [0.1, 0.15) is 22.3 Å². The molecule has 0 saturated carbocycles. The van der Waals surface area contributed by atoms with E-state index < -0.39 is 0 Å². The molecule has 116 valence electrons. The van der Waals surface area contributed by atoms with Crippen molar-refractivity contribution in [3.63, 3.8) is 0 Å². The third-order valence-electron chi connectivity index (χ3n) is 5.53. The molecule has 0 heterocycles. The van der Waals surface area contributed by atoms with Crippen LogP contribution in [0.15, 0.2) is 48.5 Å². The Hall–Kier alpha value is -2.60. The minimum absolute atomic E-state index is 1.34. The summed E-state index contributed by atoms with van der Waals surface area (Å²) >= 11 is 0. The summed E-state index contributed by atoms with van der Waals surface area (Å²) in [6.45, 7) is 8.86. The molecular formula is C24H20. The summed E-state index contributed by atoms with van der Waals surface area (Å²) in [4.78, 5) is 0. The second-order valence-corrected chi connectivity index (χ2v) is 7.33. The summed E-state index contributed by atoms with van der Waals surface area (Å²) in [6.07, 6.45) is 0. The van der Waals surface area contributed by atoms with Gasteiger partial charge in [-0.1, -0.05) is 48.5 Å². The van der Waals surface area contributed by atoms with E-state index in [4.69, 9.17) is 0 Å². The summed E-state index contributed by atoms with van der Waals surface area (Å²) < 4.78 is 0. The number of hydrogen-bond donors (Lipinski definition) is 0. The van der Waals surface area contributed by atoms with Crippen molar-refractivity contribution in [3.05, 3.63) is 70.8 Å². The van der Waals surface area contributed by atoms with E-state index in [1.165, 1.54) is 65.3 Å². The molecule has 0 saturated heterocycles. The van der Waals surface area contributed by atoms with E-state index in [0.29, 0.717) is 0 Å². The Morgan fingerprint density at radius 3 is 1.21 bits per heavy atom. The zero-order valence-electron chi connectivity index (χ0n) is 14.6. The molecule has 0 aromatic heterocycles. The normalized spacial score (nSPS) is 12.2. The molecule has 0 heteroatoms. The smallest absolute Gasteiger partial charge is 0.00235 e. The van der Waals surface area contributed by atoms with Crippen LogP contribution < -0.4 is 0 Å². The Bertz CT molecular complexity index is 1170. The average Bonchev–Trinajstić information content (AvgIpc) is 2.55. The lowest BCUT2D eigenvalue weighted by molar-refractivity contribution is 1.48. The van der Waals surface area contributed by atoms with E-state index >= 15 is 0 Å². The third-order valence-corrected chi connectivity index (χ3v) is 5.53. The minimum atomic E-state index is 1.34. The largest absolute Gasteiger partial charge is 0.0581 e. The van der Waals surface area contributed by atoms with Crippen molar-refractivity contribution in [3.8, 4) is 0 Å². The highest BCUT2D eigenvalue weighted by molar-refractivity contribution is 6.33. The summed E-state index contributed by atoms with van der Waals surface area (Å²) in [5, 5.41) is 11.2. The van der Waals surface area contributed by atoms with Crippen molar-refractivity contribution >= 4 is 43.1 Å². The molecule has 0 radical (unpaired) electrons. The minimum Gasteiger partial charge on any atom is -0.0581 e. The van der Waals surface area contributed by atoms with Gasteiger partial charge in [0.1, 0.15) is 0 Å². The van der Waals surface area contributed by atoms with Gasteiger partial charge in [0.15, 0.2) is 0 Å². The summed E-state index contributed by atoms with van der Waals surface area (Å²) in [7, 11) is 0. The van der Waals surface area contributed by atoms with Crippen molar-refractivity contribution in [2.75, 3.05) is 0 Å². The van der Waals surface area contributed by atoms with E-state index in [9.17, 15) is 0 Å². The molecule has 0 unspecified atom stereocenters. The zero-order valence-corrected chi connectivity index (χ0v) is 14.6. The number of rotatable bonds is 0. The first kappa shape index (κ1) is 13.8. The molecule has 0 bridgehead atoms. The van der Waals surface area contributed by atoms with E-state index in [1.807, 2.05) is 0 Å². The van der Waals surface area contributed by atoms with Crippen LogP contribution in [0.2, 0.25) is 0 Å². The Morgan fingerprint density at radius 2 is 0.792 bits per heavy atom. The number of benzene rings is 5. The maximum absolute atomic E-state index is 2.37. The molecular weight excluding hydrogens is 288 g/mol. The van der Waals surface area contributed by atoms with Crippen molar-refractivity contribution in [1.29, 1.82) is 0 Å². The quantitative estimate of drug-likeness (QED) is 0.214. The van der Waals surface area contributed by atoms with Gasteiger partial charge < -0.3 is 0 Å². The van der Waals surface area contributed by atoms with Gasteiger partial charge in [-0.25, -0.2) is 0 Å². The number of hydrogen-bond acceptors (Lipinski definition) is 0. The molecule has 0 atom stereocenters. The Labute approximate surface area is 142 Å². The molecule has 0 aliphatic rings. The highest BCUT2D eigenvalue weighted by Gasteiger charge is 2.15. The molecule has 0 fully saturated rings. The first-order valence-corrected chi connectivity index (χ1v) is 8.63. The van der Waals surface area contributed by atoms with Crippen molar-refractivity contribution in [2.24, 2.45) is 0 Å². The summed E-state index contributed by atoms with van der Waals surface area (Å²) in [5.41, 5.74) is 5.39. The van der Waals surface area contributed by atoms with Gasteiger partial charge in [0.25, 0.3) is 0 Å². The summed E-state index contributed by atoms with van der Waals surface area (Å²) in [5.74, 6) is 0. The molecule has 0 amide bonds. The Morgan fingerprint density at radius 1 is 0.417 bits per heavy atom. The maximum atomic E-state index is 2.37. The molecule has 0 aliphatic carbocycles.